The van der Waals surface area contributed by atoms with Crippen molar-refractivity contribution in [3.05, 3.63) is 86.0 Å². The van der Waals surface area contributed by atoms with Crippen molar-refractivity contribution in [2.75, 3.05) is 19.5 Å². The van der Waals surface area contributed by atoms with Gasteiger partial charge in [0.15, 0.2) is 5.13 Å². The molecule has 1 aliphatic rings. The number of halogens is 2. The molecule has 0 spiro atoms. The number of hydrogen-bond acceptors (Lipinski definition) is 8. The Morgan fingerprint density at radius 2 is 1.64 bits per heavy atom. The minimum absolute atomic E-state index is 0.344. The quantitative estimate of drug-likeness (QED) is 0.345. The summed E-state index contributed by atoms with van der Waals surface area (Å²) >= 11 is 13.6. The first kappa shape index (κ1) is 25.8. The predicted octanol–water partition coefficient (Wildman–Crippen LogP) is 6.44. The summed E-state index contributed by atoms with van der Waals surface area (Å²) in [7, 11) is 2.63. The van der Waals surface area contributed by atoms with Gasteiger partial charge in [-0.2, -0.15) is 0 Å². The number of benzene rings is 2. The molecule has 0 amide bonds. The van der Waals surface area contributed by atoms with Crippen LogP contribution < -0.4 is 10.6 Å². The zero-order valence-electron chi connectivity index (χ0n) is 19.9. The van der Waals surface area contributed by atoms with Crippen molar-refractivity contribution in [3.8, 4) is 11.3 Å². The molecule has 0 saturated carbocycles. The highest BCUT2D eigenvalue weighted by Crippen LogP contribution is 2.40. The van der Waals surface area contributed by atoms with Crippen molar-refractivity contribution in [3.63, 3.8) is 0 Å². The third-order valence-corrected chi connectivity index (χ3v) is 7.26. The average molecular weight is 544 g/mol. The number of dihydropyridines is 1. The molecule has 186 valence electrons. The first-order chi connectivity index (χ1) is 17.2. The second-order valence-electron chi connectivity index (χ2n) is 8.04. The summed E-state index contributed by atoms with van der Waals surface area (Å²) in [4.78, 5) is 30.1. The molecule has 3 aromatic rings. The molecule has 0 fully saturated rings. The van der Waals surface area contributed by atoms with Crippen LogP contribution in [-0.4, -0.2) is 31.1 Å². The van der Waals surface area contributed by atoms with E-state index in [0.717, 1.165) is 22.5 Å². The molecule has 0 unspecified atom stereocenters. The van der Waals surface area contributed by atoms with E-state index in [1.165, 1.54) is 25.6 Å². The van der Waals surface area contributed by atoms with Crippen LogP contribution in [0.1, 0.15) is 25.3 Å². The number of rotatable bonds is 6. The monoisotopic (exact) mass is 543 g/mol. The zero-order valence-corrected chi connectivity index (χ0v) is 22.3. The van der Waals surface area contributed by atoms with E-state index in [-0.39, 0.29) is 0 Å². The van der Waals surface area contributed by atoms with Gasteiger partial charge in [0.1, 0.15) is 0 Å². The minimum atomic E-state index is -0.670. The summed E-state index contributed by atoms with van der Waals surface area (Å²) in [5.41, 5.74) is 4.99. The largest absolute Gasteiger partial charge is 0.466 e. The van der Waals surface area contributed by atoms with Gasteiger partial charge in [-0.3, -0.25) is 0 Å². The Morgan fingerprint density at radius 3 is 2.25 bits per heavy atom. The van der Waals surface area contributed by atoms with E-state index in [9.17, 15) is 9.59 Å². The molecule has 4 rings (SSSR count). The van der Waals surface area contributed by atoms with Crippen LogP contribution in [-0.2, 0) is 19.1 Å². The van der Waals surface area contributed by atoms with Crippen molar-refractivity contribution in [2.45, 2.75) is 19.8 Å². The molecule has 1 aliphatic heterocycles. The van der Waals surface area contributed by atoms with Gasteiger partial charge in [-0.25, -0.2) is 14.6 Å². The molecular formula is C26H23Cl2N3O4S. The van der Waals surface area contributed by atoms with Crippen molar-refractivity contribution >= 4 is 57.3 Å². The first-order valence-corrected chi connectivity index (χ1v) is 12.5. The van der Waals surface area contributed by atoms with Gasteiger partial charge in [-0.1, -0.05) is 41.4 Å². The molecule has 2 heterocycles. The third-order valence-electron chi connectivity index (χ3n) is 5.76. The highest BCUT2D eigenvalue weighted by molar-refractivity contribution is 7.14. The molecule has 1 aromatic heterocycles. The average Bonchev–Trinajstić information content (AvgIpc) is 3.33. The number of esters is 2. The molecule has 7 nitrogen and oxygen atoms in total. The number of aromatic nitrogens is 1. The summed E-state index contributed by atoms with van der Waals surface area (Å²) in [5, 5.41) is 9.94. The number of nitrogens with one attached hydrogen (secondary N) is 2. The Balaban J connectivity index is 1.69. The van der Waals surface area contributed by atoms with E-state index < -0.39 is 17.9 Å². The fraction of sp³-hybridized carbons (Fsp3) is 0.192. The van der Waals surface area contributed by atoms with Crippen LogP contribution in [0.5, 0.6) is 0 Å². The molecule has 0 bridgehead atoms. The number of methoxy groups -OCH3 is 2. The minimum Gasteiger partial charge on any atom is -0.466 e. The first-order valence-electron chi connectivity index (χ1n) is 10.9. The SMILES string of the molecule is COC(=O)C1=C(C)NC(C)=C(C(=O)OC)C1c1cccc(Nc2nc(-c3ccc(Cl)c(Cl)c3)cs2)c1. The third kappa shape index (κ3) is 5.11. The Kier molecular flexibility index (Phi) is 7.68. The van der Waals surface area contributed by atoms with Gasteiger partial charge in [0.2, 0.25) is 0 Å². The molecule has 2 N–H and O–H groups in total. The fourth-order valence-electron chi connectivity index (χ4n) is 4.13. The van der Waals surface area contributed by atoms with Gasteiger partial charge in [-0.05, 0) is 43.7 Å². The number of thiazole rings is 1. The Labute approximate surface area is 222 Å². The van der Waals surface area contributed by atoms with E-state index in [2.05, 4.69) is 15.6 Å². The van der Waals surface area contributed by atoms with Crippen LogP contribution >= 0.6 is 34.5 Å². The maximum Gasteiger partial charge on any atom is 0.336 e. The van der Waals surface area contributed by atoms with E-state index in [1.54, 1.807) is 26.0 Å². The summed E-state index contributed by atoms with van der Waals surface area (Å²) in [6.45, 7) is 3.55. The molecule has 0 atom stereocenters. The topological polar surface area (TPSA) is 89.5 Å². The second-order valence-corrected chi connectivity index (χ2v) is 9.71. The van der Waals surface area contributed by atoms with Gasteiger partial charge in [-0.15, -0.1) is 11.3 Å². The van der Waals surface area contributed by atoms with Gasteiger partial charge >= 0.3 is 11.9 Å². The van der Waals surface area contributed by atoms with Crippen molar-refractivity contribution in [1.29, 1.82) is 0 Å². The summed E-state index contributed by atoms with van der Waals surface area (Å²) in [6.07, 6.45) is 0. The van der Waals surface area contributed by atoms with Crippen LogP contribution in [0.15, 0.2) is 70.4 Å². The summed E-state index contributed by atoms with van der Waals surface area (Å²) < 4.78 is 10.1. The molecular weight excluding hydrogens is 521 g/mol. The molecule has 0 saturated heterocycles. The lowest BCUT2D eigenvalue weighted by Gasteiger charge is -2.30. The number of ether oxygens (including phenoxy) is 2. The predicted molar refractivity (Wildman–Crippen MR) is 143 cm³/mol. The van der Waals surface area contributed by atoms with E-state index in [0.29, 0.717) is 37.7 Å². The van der Waals surface area contributed by atoms with Crippen molar-refractivity contribution in [2.24, 2.45) is 0 Å². The van der Waals surface area contributed by atoms with Gasteiger partial charge < -0.3 is 20.1 Å². The lowest BCUT2D eigenvalue weighted by Crippen LogP contribution is -2.32. The highest BCUT2D eigenvalue weighted by Gasteiger charge is 2.37. The molecule has 2 aromatic carbocycles. The van der Waals surface area contributed by atoms with E-state index in [4.69, 9.17) is 32.7 Å². The van der Waals surface area contributed by atoms with E-state index in [1.807, 2.05) is 35.7 Å². The van der Waals surface area contributed by atoms with Crippen molar-refractivity contribution < 1.29 is 19.1 Å². The van der Waals surface area contributed by atoms with Crippen LogP contribution in [0.25, 0.3) is 11.3 Å². The van der Waals surface area contributed by atoms with Crippen LogP contribution in [0.2, 0.25) is 10.0 Å². The number of allylic oxidation sites excluding steroid dienone is 2. The van der Waals surface area contributed by atoms with Gasteiger partial charge in [0, 0.05) is 28.0 Å². The lowest BCUT2D eigenvalue weighted by atomic mass is 9.80. The zero-order chi connectivity index (χ0) is 26.0. The Hall–Kier alpha value is -3.33. The standard InChI is InChI=1S/C26H23Cl2N3O4S/c1-13-21(24(32)34-3)23(22(14(2)29-13)25(33)35-4)16-6-5-7-17(10-16)30-26-31-20(12-36-26)15-8-9-18(27)19(28)11-15/h5-12,23,29H,1-4H3,(H,30,31). The summed E-state index contributed by atoms with van der Waals surface area (Å²) in [6, 6.07) is 12.8. The maximum atomic E-state index is 12.7. The number of anilines is 2. The van der Waals surface area contributed by atoms with Crippen molar-refractivity contribution in [1.82, 2.24) is 10.3 Å². The normalized spacial score (nSPS) is 13.9. The Bertz CT molecular complexity index is 1380. The number of carbonyl (C=O) groups is 2. The molecule has 10 heteroatoms. The van der Waals surface area contributed by atoms with Gasteiger partial charge in [0.25, 0.3) is 0 Å². The van der Waals surface area contributed by atoms with E-state index >= 15 is 0 Å². The van der Waals surface area contributed by atoms with Crippen LogP contribution in [0.4, 0.5) is 10.8 Å². The Morgan fingerprint density at radius 1 is 0.972 bits per heavy atom. The maximum absolute atomic E-state index is 12.7. The number of hydrogen-bond donors (Lipinski definition) is 2. The fourth-order valence-corrected chi connectivity index (χ4v) is 5.17. The summed E-state index contributed by atoms with van der Waals surface area (Å²) in [5.74, 6) is -1.72. The van der Waals surface area contributed by atoms with Crippen LogP contribution in [0, 0.1) is 0 Å². The number of nitrogens with zero attached hydrogens (tertiary/aromatic N) is 1. The molecule has 36 heavy (non-hydrogen) atoms. The number of carbonyl (C=O) groups excluding carboxylic acids is 2. The molecule has 0 radical (unpaired) electrons. The van der Waals surface area contributed by atoms with Crippen LogP contribution in [0.3, 0.4) is 0 Å². The highest BCUT2D eigenvalue weighted by atomic mass is 35.5. The second kappa shape index (κ2) is 10.7. The lowest BCUT2D eigenvalue weighted by molar-refractivity contribution is -0.137. The molecule has 0 aliphatic carbocycles. The van der Waals surface area contributed by atoms with Gasteiger partial charge in [0.05, 0.1) is 47.0 Å². The smallest absolute Gasteiger partial charge is 0.336 e.